The Balaban J connectivity index is 2.11. The molecule has 162 valence electrons. The van der Waals surface area contributed by atoms with Crippen molar-refractivity contribution >= 4 is 27.3 Å². The van der Waals surface area contributed by atoms with Crippen LogP contribution in [0.3, 0.4) is 0 Å². The van der Waals surface area contributed by atoms with Gasteiger partial charge in [-0.1, -0.05) is 56.3 Å². The normalized spacial score (nSPS) is 12.5. The molecule has 0 bridgehead atoms. The molecule has 0 heterocycles. The van der Waals surface area contributed by atoms with Crippen LogP contribution in [0.5, 0.6) is 0 Å². The number of benzene rings is 2. The van der Waals surface area contributed by atoms with Crippen LogP contribution in [0, 0.1) is 13.8 Å². The predicted octanol–water partition coefficient (Wildman–Crippen LogP) is 3.93. The fraction of sp³-hybridized carbons (Fsp3) is 0.391. The Morgan fingerprint density at radius 1 is 1.10 bits per heavy atom. The first kappa shape index (κ1) is 23.6. The van der Waals surface area contributed by atoms with Crippen LogP contribution in [0.4, 0.5) is 5.69 Å². The van der Waals surface area contributed by atoms with Gasteiger partial charge in [0.1, 0.15) is 6.54 Å². The Labute approximate surface area is 180 Å². The Bertz CT molecular complexity index is 1030. The maximum Gasteiger partial charge on any atom is 0.260 e. The van der Waals surface area contributed by atoms with E-state index in [-0.39, 0.29) is 12.0 Å². The summed E-state index contributed by atoms with van der Waals surface area (Å²) in [4.78, 5) is 12.5. The van der Waals surface area contributed by atoms with E-state index < -0.39 is 15.9 Å². The van der Waals surface area contributed by atoms with Gasteiger partial charge in [-0.2, -0.15) is 5.10 Å². The highest BCUT2D eigenvalue weighted by Gasteiger charge is 2.23. The molecule has 0 aliphatic carbocycles. The number of nitrogens with zero attached hydrogens (tertiary/aromatic N) is 2. The van der Waals surface area contributed by atoms with Gasteiger partial charge in [0.05, 0.1) is 11.9 Å². The largest absolute Gasteiger partial charge is 0.271 e. The highest BCUT2D eigenvalue weighted by molar-refractivity contribution is 7.92. The van der Waals surface area contributed by atoms with E-state index in [9.17, 15) is 13.2 Å². The van der Waals surface area contributed by atoms with E-state index in [1.165, 1.54) is 5.56 Å². The van der Waals surface area contributed by atoms with E-state index in [4.69, 9.17) is 0 Å². The predicted molar refractivity (Wildman–Crippen MR) is 123 cm³/mol. The molecule has 30 heavy (non-hydrogen) atoms. The van der Waals surface area contributed by atoms with Crippen molar-refractivity contribution in [2.45, 2.75) is 46.5 Å². The van der Waals surface area contributed by atoms with Gasteiger partial charge >= 0.3 is 0 Å². The molecule has 0 spiro atoms. The van der Waals surface area contributed by atoms with Crippen molar-refractivity contribution in [3.05, 3.63) is 65.2 Å². The summed E-state index contributed by atoms with van der Waals surface area (Å²) in [7, 11) is -3.63. The number of sulfonamides is 1. The van der Waals surface area contributed by atoms with Gasteiger partial charge in [0, 0.05) is 5.71 Å². The molecule has 0 aliphatic heterocycles. The highest BCUT2D eigenvalue weighted by atomic mass is 32.2. The smallest absolute Gasteiger partial charge is 0.260 e. The minimum Gasteiger partial charge on any atom is -0.271 e. The maximum atomic E-state index is 12.5. The number of nitrogens with one attached hydrogen (secondary N) is 1. The van der Waals surface area contributed by atoms with Crippen LogP contribution in [0.1, 0.15) is 43.9 Å². The maximum absolute atomic E-state index is 12.5. The molecule has 2 aromatic carbocycles. The van der Waals surface area contributed by atoms with Gasteiger partial charge in [-0.3, -0.25) is 9.10 Å². The zero-order valence-corrected chi connectivity index (χ0v) is 19.4. The van der Waals surface area contributed by atoms with Crippen LogP contribution < -0.4 is 9.73 Å². The van der Waals surface area contributed by atoms with Crippen LogP contribution in [0.2, 0.25) is 0 Å². The third kappa shape index (κ3) is 6.42. The molecular weight excluding hydrogens is 398 g/mol. The quantitative estimate of drug-likeness (QED) is 0.510. The summed E-state index contributed by atoms with van der Waals surface area (Å²) in [6, 6.07) is 15.6. The summed E-state index contributed by atoms with van der Waals surface area (Å²) in [5.74, 6) is -0.488. The first-order valence-electron chi connectivity index (χ1n) is 9.82. The second-order valence-electron chi connectivity index (χ2n) is 8.37. The van der Waals surface area contributed by atoms with E-state index in [1.54, 1.807) is 6.07 Å². The van der Waals surface area contributed by atoms with Gasteiger partial charge in [-0.15, -0.1) is 0 Å². The third-order valence-corrected chi connectivity index (χ3v) is 6.07. The molecule has 2 rings (SSSR count). The molecule has 1 amide bonds. The zero-order chi connectivity index (χ0) is 22.5. The number of amides is 1. The van der Waals surface area contributed by atoms with Crippen molar-refractivity contribution in [3.63, 3.8) is 0 Å². The van der Waals surface area contributed by atoms with Crippen LogP contribution in [0.15, 0.2) is 53.6 Å². The molecule has 0 radical (unpaired) electrons. The van der Waals surface area contributed by atoms with Gasteiger partial charge in [-0.05, 0) is 55.4 Å². The lowest BCUT2D eigenvalue weighted by Crippen LogP contribution is -2.39. The first-order valence-corrected chi connectivity index (χ1v) is 11.7. The van der Waals surface area contributed by atoms with Crippen LogP contribution in [-0.2, 0) is 20.2 Å². The lowest BCUT2D eigenvalue weighted by molar-refractivity contribution is -0.119. The molecule has 0 aliphatic rings. The average molecular weight is 430 g/mol. The number of rotatable bonds is 8. The van der Waals surface area contributed by atoms with Crippen molar-refractivity contribution in [1.29, 1.82) is 0 Å². The topological polar surface area (TPSA) is 78.8 Å². The fourth-order valence-electron chi connectivity index (χ4n) is 3.36. The minimum atomic E-state index is -3.63. The Hall–Kier alpha value is -2.67. The summed E-state index contributed by atoms with van der Waals surface area (Å²) >= 11 is 0. The Morgan fingerprint density at radius 3 is 2.33 bits per heavy atom. The lowest BCUT2D eigenvalue weighted by atomic mass is 9.80. The number of anilines is 1. The second kappa shape index (κ2) is 9.43. The number of carbonyl (C=O) groups is 1. The SMILES string of the molecule is C/C(CC(C)(C)c1ccccc1)=N\NC(=O)CN(c1cc(C)ccc1C)S(C)(=O)=O. The number of hydrogen-bond donors (Lipinski definition) is 1. The van der Waals surface area contributed by atoms with Crippen molar-refractivity contribution < 1.29 is 13.2 Å². The van der Waals surface area contributed by atoms with Crippen LogP contribution in [0.25, 0.3) is 0 Å². The van der Waals surface area contributed by atoms with Gasteiger partial charge in [0.25, 0.3) is 5.91 Å². The van der Waals surface area contributed by atoms with Gasteiger partial charge in [0.15, 0.2) is 0 Å². The van der Waals surface area contributed by atoms with E-state index in [2.05, 4.69) is 36.5 Å². The molecule has 2 aromatic rings. The molecule has 0 unspecified atom stereocenters. The number of aryl methyl sites for hydroxylation is 2. The summed E-state index contributed by atoms with van der Waals surface area (Å²) in [6.45, 7) is 9.46. The van der Waals surface area contributed by atoms with E-state index >= 15 is 0 Å². The van der Waals surface area contributed by atoms with Crippen LogP contribution >= 0.6 is 0 Å². The van der Waals surface area contributed by atoms with Gasteiger partial charge < -0.3 is 0 Å². The molecule has 0 fully saturated rings. The first-order chi connectivity index (χ1) is 13.9. The number of hydrazone groups is 1. The average Bonchev–Trinajstić information content (AvgIpc) is 2.66. The van der Waals surface area contributed by atoms with E-state index in [0.29, 0.717) is 12.1 Å². The number of hydrogen-bond acceptors (Lipinski definition) is 4. The highest BCUT2D eigenvalue weighted by Crippen LogP contribution is 2.27. The monoisotopic (exact) mass is 429 g/mol. The Kier molecular flexibility index (Phi) is 7.42. The number of carbonyl (C=O) groups excluding carboxylic acids is 1. The molecule has 0 saturated heterocycles. The van der Waals surface area contributed by atoms with E-state index in [1.807, 2.05) is 51.1 Å². The van der Waals surface area contributed by atoms with E-state index in [0.717, 1.165) is 27.4 Å². The van der Waals surface area contributed by atoms with Crippen LogP contribution in [-0.4, -0.2) is 32.8 Å². The van der Waals surface area contributed by atoms with Gasteiger partial charge in [-0.25, -0.2) is 13.8 Å². The molecule has 7 heteroatoms. The van der Waals surface area contributed by atoms with Gasteiger partial charge in [0.2, 0.25) is 10.0 Å². The van der Waals surface area contributed by atoms with Crippen molar-refractivity contribution in [1.82, 2.24) is 5.43 Å². The summed E-state index contributed by atoms with van der Waals surface area (Å²) in [6.07, 6.45) is 1.75. The Morgan fingerprint density at radius 2 is 1.73 bits per heavy atom. The molecule has 1 N–H and O–H groups in total. The van der Waals surface area contributed by atoms with Crippen molar-refractivity contribution in [2.24, 2.45) is 5.10 Å². The molecular formula is C23H31N3O3S. The summed E-state index contributed by atoms with van der Waals surface area (Å²) in [5.41, 5.74) is 6.50. The standard InChI is InChI=1S/C23H31N3O3S/c1-17-12-13-18(2)21(14-17)26(30(6,28)29)16-22(27)25-24-19(3)15-23(4,5)20-10-8-7-9-11-20/h7-14H,15-16H2,1-6H3,(H,25,27)/b24-19+. The molecule has 0 saturated carbocycles. The molecule has 0 atom stereocenters. The second-order valence-corrected chi connectivity index (χ2v) is 10.3. The molecule has 6 nitrogen and oxygen atoms in total. The molecule has 0 aromatic heterocycles. The van der Waals surface area contributed by atoms with Crippen molar-refractivity contribution in [3.8, 4) is 0 Å². The fourth-order valence-corrected chi connectivity index (χ4v) is 4.27. The summed E-state index contributed by atoms with van der Waals surface area (Å²) in [5, 5.41) is 4.20. The minimum absolute atomic E-state index is 0.142. The van der Waals surface area contributed by atoms with Crippen molar-refractivity contribution in [2.75, 3.05) is 17.1 Å². The summed E-state index contributed by atoms with van der Waals surface area (Å²) < 4.78 is 25.8. The third-order valence-electron chi connectivity index (χ3n) is 4.95. The lowest BCUT2D eigenvalue weighted by Gasteiger charge is -2.25. The zero-order valence-electron chi connectivity index (χ0n) is 18.6.